The topological polar surface area (TPSA) is 135 Å². The van der Waals surface area contributed by atoms with E-state index < -0.39 is 37.0 Å². The molecule has 3 atom stereocenters. The van der Waals surface area contributed by atoms with Gasteiger partial charge in [-0.15, -0.1) is 0 Å². The molecule has 0 saturated carbocycles. The molecule has 2 bridgehead atoms. The molecule has 0 aliphatic carbocycles. The van der Waals surface area contributed by atoms with Crippen molar-refractivity contribution in [2.45, 2.75) is 95.1 Å². The number of aliphatic hydroxyl groups is 1. The van der Waals surface area contributed by atoms with E-state index in [0.29, 0.717) is 18.5 Å². The number of H-pyrrole nitrogens is 1. The Morgan fingerprint density at radius 2 is 1.53 bits per heavy atom. The highest BCUT2D eigenvalue weighted by atomic mass is 16.4. The number of amides is 2. The first-order valence-electron chi connectivity index (χ1n) is 13.3. The molecular weight excluding hydrogens is 457 g/mol. The predicted molar refractivity (Wildman–Crippen MR) is 140 cm³/mol. The van der Waals surface area contributed by atoms with Gasteiger partial charge in [0, 0.05) is 5.69 Å². The number of benzene rings is 1. The van der Waals surface area contributed by atoms with Crippen LogP contribution >= 0.6 is 0 Å². The Morgan fingerprint density at radius 3 is 2.17 bits per heavy atom. The maximum Gasteiger partial charge on any atom is 0.475 e. The number of aliphatic hydroxyl groups excluding tert-OH is 1. The van der Waals surface area contributed by atoms with Crippen LogP contribution in [0.5, 0.6) is 0 Å². The lowest BCUT2D eigenvalue weighted by Gasteiger charge is -2.23. The third-order valence-electron chi connectivity index (χ3n) is 6.89. The highest BCUT2D eigenvalue weighted by Gasteiger charge is 2.30. The van der Waals surface area contributed by atoms with Crippen LogP contribution in [0.3, 0.4) is 0 Å². The molecule has 0 radical (unpaired) electrons. The quantitative estimate of drug-likeness (QED) is 0.353. The zero-order valence-corrected chi connectivity index (χ0v) is 21.0. The van der Waals surface area contributed by atoms with Gasteiger partial charge in [0.2, 0.25) is 5.91 Å². The van der Waals surface area contributed by atoms with Gasteiger partial charge in [-0.3, -0.25) is 9.59 Å². The van der Waals surface area contributed by atoms with Crippen LogP contribution in [0, 0.1) is 0 Å². The molecule has 2 heterocycles. The first-order valence-corrected chi connectivity index (χ1v) is 13.3. The highest BCUT2D eigenvalue weighted by molar-refractivity contribution is 6.43. The summed E-state index contributed by atoms with van der Waals surface area (Å²) in [5.74, 6) is -1.78. The summed E-state index contributed by atoms with van der Waals surface area (Å²) in [5.41, 5.74) is 1.74. The summed E-state index contributed by atoms with van der Waals surface area (Å²) in [6.45, 7) is 0. The Kier molecular flexibility index (Phi) is 11.5. The average molecular weight is 497 g/mol. The second-order valence-corrected chi connectivity index (χ2v) is 9.85. The standard InChI is InChI=1S/C27H40BN3O5/c32-24-16-12-7-5-3-1-2-4-6-11-15-22(30-26(33)23-18-17-21(24)29-23)27(34)31-25(28(35)36)19-20-13-9-8-10-14-20/h8-10,13-14,17-18,22,24-25,29,32,35-36H,1-7,11-12,15-16,19H2,(H,30,33)(H,31,34)/t22-,24?,25-/m0/s1. The van der Waals surface area contributed by atoms with Gasteiger partial charge in [-0.2, -0.15) is 0 Å². The monoisotopic (exact) mass is 497 g/mol. The lowest BCUT2D eigenvalue weighted by Crippen LogP contribution is -2.54. The number of hydrogen-bond acceptors (Lipinski definition) is 5. The number of nitrogens with one attached hydrogen (secondary N) is 3. The molecule has 9 heteroatoms. The number of aromatic nitrogens is 1. The maximum atomic E-state index is 13.2. The van der Waals surface area contributed by atoms with Crippen molar-refractivity contribution < 1.29 is 24.7 Å². The fraction of sp³-hybridized carbons (Fsp3) is 0.556. The number of hydrogen-bond donors (Lipinski definition) is 6. The summed E-state index contributed by atoms with van der Waals surface area (Å²) in [6.07, 6.45) is 10.2. The van der Waals surface area contributed by atoms with Gasteiger partial charge in [0.25, 0.3) is 5.91 Å². The van der Waals surface area contributed by atoms with Crippen LogP contribution in [0.4, 0.5) is 0 Å². The van der Waals surface area contributed by atoms with Crippen LogP contribution in [-0.2, 0) is 11.2 Å². The molecular formula is C27H40BN3O5. The van der Waals surface area contributed by atoms with Gasteiger partial charge >= 0.3 is 7.12 Å². The molecule has 1 aliphatic rings. The van der Waals surface area contributed by atoms with Crippen LogP contribution in [0.15, 0.2) is 42.5 Å². The first-order chi connectivity index (χ1) is 17.4. The second-order valence-electron chi connectivity index (χ2n) is 9.85. The molecule has 1 aliphatic heterocycles. The minimum Gasteiger partial charge on any atom is -0.426 e. The maximum absolute atomic E-state index is 13.2. The number of carbonyl (C=O) groups is 2. The number of carbonyl (C=O) groups excluding carboxylic acids is 2. The predicted octanol–water partition coefficient (Wildman–Crippen LogP) is 3.19. The van der Waals surface area contributed by atoms with Gasteiger partial charge in [-0.05, 0) is 37.0 Å². The van der Waals surface area contributed by atoms with Crippen molar-refractivity contribution in [1.82, 2.24) is 15.6 Å². The van der Waals surface area contributed by atoms with Crippen molar-refractivity contribution in [3.8, 4) is 0 Å². The average Bonchev–Trinajstić information content (AvgIpc) is 3.36. The molecule has 0 fully saturated rings. The smallest absolute Gasteiger partial charge is 0.426 e. The number of rotatable bonds is 5. The Bertz CT molecular complexity index is 937. The summed E-state index contributed by atoms with van der Waals surface area (Å²) < 4.78 is 0. The third-order valence-corrected chi connectivity index (χ3v) is 6.89. The Balaban J connectivity index is 1.70. The number of fused-ring (bicyclic) bond motifs is 2. The van der Waals surface area contributed by atoms with E-state index in [-0.39, 0.29) is 12.1 Å². The Morgan fingerprint density at radius 1 is 0.917 bits per heavy atom. The number of aromatic amines is 1. The molecule has 1 aromatic carbocycles. The third kappa shape index (κ3) is 9.11. The van der Waals surface area contributed by atoms with Crippen LogP contribution in [0.1, 0.15) is 98.5 Å². The summed E-state index contributed by atoms with van der Waals surface area (Å²) >= 11 is 0. The molecule has 2 amide bonds. The van der Waals surface area contributed by atoms with Crippen molar-refractivity contribution in [2.75, 3.05) is 0 Å². The lowest BCUT2D eigenvalue weighted by atomic mass is 9.75. The molecule has 6 N–H and O–H groups in total. The van der Waals surface area contributed by atoms with E-state index in [1.54, 1.807) is 12.1 Å². The molecule has 0 spiro atoms. The molecule has 36 heavy (non-hydrogen) atoms. The van der Waals surface area contributed by atoms with Crippen LogP contribution in [0.2, 0.25) is 0 Å². The Hall–Kier alpha value is -2.62. The molecule has 196 valence electrons. The largest absolute Gasteiger partial charge is 0.475 e. The molecule has 3 rings (SSSR count). The summed E-state index contributed by atoms with van der Waals surface area (Å²) in [6, 6.07) is 11.8. The van der Waals surface area contributed by atoms with Crippen LogP contribution in [0.25, 0.3) is 0 Å². The minimum atomic E-state index is -1.74. The van der Waals surface area contributed by atoms with Crippen molar-refractivity contribution in [2.24, 2.45) is 0 Å². The van der Waals surface area contributed by atoms with E-state index >= 15 is 0 Å². The summed E-state index contributed by atoms with van der Waals surface area (Å²) in [7, 11) is -1.74. The van der Waals surface area contributed by atoms with E-state index in [1.807, 2.05) is 30.3 Å². The van der Waals surface area contributed by atoms with Crippen LogP contribution in [-0.4, -0.2) is 51.1 Å². The normalized spacial score (nSPS) is 21.5. The molecule has 8 nitrogen and oxygen atoms in total. The van der Waals surface area contributed by atoms with Gasteiger partial charge in [0.1, 0.15) is 11.7 Å². The van der Waals surface area contributed by atoms with E-state index in [2.05, 4.69) is 15.6 Å². The first kappa shape index (κ1) is 28.0. The zero-order valence-electron chi connectivity index (χ0n) is 21.0. The fourth-order valence-corrected chi connectivity index (χ4v) is 4.70. The summed E-state index contributed by atoms with van der Waals surface area (Å²) in [4.78, 5) is 29.1. The van der Waals surface area contributed by atoms with Gasteiger partial charge in [0.05, 0.1) is 12.0 Å². The molecule has 1 unspecified atom stereocenters. The van der Waals surface area contributed by atoms with Crippen molar-refractivity contribution >= 4 is 18.9 Å². The molecule has 1 aromatic heterocycles. The van der Waals surface area contributed by atoms with Gasteiger partial charge in [-0.25, -0.2) is 0 Å². The lowest BCUT2D eigenvalue weighted by molar-refractivity contribution is -0.123. The van der Waals surface area contributed by atoms with Gasteiger partial charge < -0.3 is 30.8 Å². The van der Waals surface area contributed by atoms with Gasteiger partial charge in [-0.1, -0.05) is 88.1 Å². The minimum absolute atomic E-state index is 0.253. The van der Waals surface area contributed by atoms with Crippen LogP contribution < -0.4 is 10.6 Å². The van der Waals surface area contributed by atoms with Crippen molar-refractivity contribution in [3.63, 3.8) is 0 Å². The summed E-state index contributed by atoms with van der Waals surface area (Å²) in [5, 5.41) is 35.8. The molecule has 0 saturated heterocycles. The van der Waals surface area contributed by atoms with Gasteiger partial charge in [0.15, 0.2) is 0 Å². The SMILES string of the molecule is O=C1N[C@H](C(=O)N[C@@H](Cc2ccccc2)B(O)O)CCCCCCCCCCCC(O)c2ccc1[nH]2. The van der Waals surface area contributed by atoms with Crippen molar-refractivity contribution in [1.29, 1.82) is 0 Å². The zero-order chi connectivity index (χ0) is 25.8. The highest BCUT2D eigenvalue weighted by Crippen LogP contribution is 2.21. The van der Waals surface area contributed by atoms with E-state index in [9.17, 15) is 24.7 Å². The molecule has 2 aromatic rings. The Labute approximate surface area is 214 Å². The van der Waals surface area contributed by atoms with E-state index in [0.717, 1.165) is 50.5 Å². The van der Waals surface area contributed by atoms with E-state index in [4.69, 9.17) is 0 Å². The van der Waals surface area contributed by atoms with Crippen molar-refractivity contribution in [3.05, 3.63) is 59.4 Å². The van der Waals surface area contributed by atoms with E-state index in [1.165, 1.54) is 12.8 Å². The second kappa shape index (κ2) is 14.8. The fourth-order valence-electron chi connectivity index (χ4n) is 4.70.